The van der Waals surface area contributed by atoms with Gasteiger partial charge in [0.25, 0.3) is 5.91 Å². The molecule has 6 heteroatoms. The highest BCUT2D eigenvalue weighted by atomic mass is 32.1. The maximum absolute atomic E-state index is 12.3. The Balaban J connectivity index is 1.73. The van der Waals surface area contributed by atoms with Gasteiger partial charge in [0.15, 0.2) is 0 Å². The number of fused-ring (bicyclic) bond motifs is 1. The minimum atomic E-state index is -0.993. The maximum atomic E-state index is 12.3. The fourth-order valence-electron chi connectivity index (χ4n) is 3.30. The van der Waals surface area contributed by atoms with Crippen LogP contribution in [0.15, 0.2) is 30.5 Å². The molecule has 1 aromatic heterocycles. The van der Waals surface area contributed by atoms with Crippen molar-refractivity contribution in [2.45, 2.75) is 44.6 Å². The molecule has 2 N–H and O–H groups in total. The second-order valence-corrected chi connectivity index (χ2v) is 7.37. The summed E-state index contributed by atoms with van der Waals surface area (Å²) in [6.45, 7) is 1.81. The molecule has 0 fully saturated rings. The third-order valence-electron chi connectivity index (χ3n) is 4.46. The van der Waals surface area contributed by atoms with Gasteiger partial charge >= 0.3 is 5.97 Å². The SMILES string of the molecule is Cc1ncc(C(=O)NC(CC2CCCc3ccccc32)C(=O)O)s1. The molecule has 2 aromatic rings. The largest absolute Gasteiger partial charge is 0.480 e. The van der Waals surface area contributed by atoms with E-state index < -0.39 is 12.0 Å². The number of thiazole rings is 1. The van der Waals surface area contributed by atoms with Gasteiger partial charge in [-0.25, -0.2) is 9.78 Å². The molecular formula is C18H20N2O3S. The maximum Gasteiger partial charge on any atom is 0.326 e. The quantitative estimate of drug-likeness (QED) is 0.873. The highest BCUT2D eigenvalue weighted by molar-refractivity contribution is 7.13. The molecule has 3 rings (SSSR count). The van der Waals surface area contributed by atoms with Crippen LogP contribution in [0.2, 0.25) is 0 Å². The fourth-order valence-corrected chi connectivity index (χ4v) is 3.98. The predicted octanol–water partition coefficient (Wildman–Crippen LogP) is 3.14. The predicted molar refractivity (Wildman–Crippen MR) is 92.5 cm³/mol. The number of benzene rings is 1. The molecule has 24 heavy (non-hydrogen) atoms. The first-order valence-corrected chi connectivity index (χ1v) is 8.90. The van der Waals surface area contributed by atoms with E-state index in [-0.39, 0.29) is 11.8 Å². The van der Waals surface area contributed by atoms with Crippen molar-refractivity contribution in [2.75, 3.05) is 0 Å². The van der Waals surface area contributed by atoms with Crippen LogP contribution in [-0.4, -0.2) is 28.0 Å². The van der Waals surface area contributed by atoms with E-state index in [9.17, 15) is 14.7 Å². The third-order valence-corrected chi connectivity index (χ3v) is 5.37. The Labute approximate surface area is 144 Å². The van der Waals surface area contributed by atoms with E-state index in [2.05, 4.69) is 22.4 Å². The Morgan fingerprint density at radius 2 is 2.21 bits per heavy atom. The number of hydrogen-bond acceptors (Lipinski definition) is 4. The first kappa shape index (κ1) is 16.6. The second-order valence-electron chi connectivity index (χ2n) is 6.13. The van der Waals surface area contributed by atoms with Gasteiger partial charge in [-0.05, 0) is 49.7 Å². The van der Waals surface area contributed by atoms with Crippen molar-refractivity contribution < 1.29 is 14.7 Å². The molecule has 0 saturated carbocycles. The Bertz CT molecular complexity index is 756. The van der Waals surface area contributed by atoms with Crippen molar-refractivity contribution in [1.29, 1.82) is 0 Å². The van der Waals surface area contributed by atoms with E-state index >= 15 is 0 Å². The van der Waals surface area contributed by atoms with Crippen LogP contribution in [0.5, 0.6) is 0 Å². The van der Waals surface area contributed by atoms with Crippen LogP contribution in [0.4, 0.5) is 0 Å². The topological polar surface area (TPSA) is 79.3 Å². The molecule has 2 unspecified atom stereocenters. The van der Waals surface area contributed by atoms with E-state index in [0.29, 0.717) is 11.3 Å². The number of nitrogens with one attached hydrogen (secondary N) is 1. The molecule has 2 atom stereocenters. The number of carboxylic acid groups (broad SMARTS) is 1. The van der Waals surface area contributed by atoms with Crippen LogP contribution >= 0.6 is 11.3 Å². The van der Waals surface area contributed by atoms with Gasteiger partial charge < -0.3 is 10.4 Å². The summed E-state index contributed by atoms with van der Waals surface area (Å²) in [5.41, 5.74) is 2.51. The Morgan fingerprint density at radius 1 is 1.42 bits per heavy atom. The van der Waals surface area contributed by atoms with Crippen LogP contribution in [0.25, 0.3) is 0 Å². The number of carbonyl (C=O) groups excluding carboxylic acids is 1. The lowest BCUT2D eigenvalue weighted by Gasteiger charge is -2.27. The van der Waals surface area contributed by atoms with Crippen molar-refractivity contribution in [3.8, 4) is 0 Å². The van der Waals surface area contributed by atoms with Gasteiger partial charge in [0.1, 0.15) is 10.9 Å². The standard InChI is InChI=1S/C18H20N2O3S/c1-11-19-10-16(24-11)17(21)20-15(18(22)23)9-13-7-4-6-12-5-2-3-8-14(12)13/h2-3,5,8,10,13,15H,4,6-7,9H2,1H3,(H,20,21)(H,22,23). The smallest absolute Gasteiger partial charge is 0.326 e. The van der Waals surface area contributed by atoms with Crippen molar-refractivity contribution in [2.24, 2.45) is 0 Å². The number of carbonyl (C=O) groups is 2. The molecule has 0 bridgehead atoms. The lowest BCUT2D eigenvalue weighted by Crippen LogP contribution is -2.41. The summed E-state index contributed by atoms with van der Waals surface area (Å²) in [4.78, 5) is 28.4. The normalized spacial score (nSPS) is 17.8. The van der Waals surface area contributed by atoms with Gasteiger partial charge in [0.05, 0.1) is 11.2 Å². The van der Waals surface area contributed by atoms with Crippen LogP contribution in [-0.2, 0) is 11.2 Å². The molecule has 126 valence electrons. The second kappa shape index (κ2) is 7.13. The summed E-state index contributed by atoms with van der Waals surface area (Å²) < 4.78 is 0. The Morgan fingerprint density at radius 3 is 2.92 bits per heavy atom. The summed E-state index contributed by atoms with van der Waals surface area (Å²) in [5, 5.41) is 13.0. The third kappa shape index (κ3) is 3.64. The molecule has 0 aliphatic heterocycles. The highest BCUT2D eigenvalue weighted by Gasteiger charge is 2.28. The van der Waals surface area contributed by atoms with Crippen LogP contribution < -0.4 is 5.32 Å². The zero-order valence-corrected chi connectivity index (χ0v) is 14.3. The molecular weight excluding hydrogens is 324 g/mol. The monoisotopic (exact) mass is 344 g/mol. The summed E-state index contributed by atoms with van der Waals surface area (Å²) in [7, 11) is 0. The number of aliphatic carboxylic acids is 1. The molecule has 0 spiro atoms. The number of aromatic nitrogens is 1. The molecule has 1 aliphatic rings. The van der Waals surface area contributed by atoms with E-state index in [0.717, 1.165) is 24.3 Å². The summed E-state index contributed by atoms with van der Waals surface area (Å²) in [6, 6.07) is 7.30. The van der Waals surface area contributed by atoms with Gasteiger partial charge in [0, 0.05) is 0 Å². The van der Waals surface area contributed by atoms with Crippen LogP contribution in [0, 0.1) is 6.92 Å². The minimum absolute atomic E-state index is 0.166. The van der Waals surface area contributed by atoms with Gasteiger partial charge in [-0.1, -0.05) is 24.3 Å². The van der Waals surface area contributed by atoms with Crippen molar-refractivity contribution in [1.82, 2.24) is 10.3 Å². The summed E-state index contributed by atoms with van der Waals surface area (Å²) in [6.07, 6.45) is 4.95. The lowest BCUT2D eigenvalue weighted by atomic mass is 9.79. The first-order chi connectivity index (χ1) is 11.5. The summed E-state index contributed by atoms with van der Waals surface area (Å²) >= 11 is 1.27. The van der Waals surface area contributed by atoms with Crippen molar-refractivity contribution in [3.63, 3.8) is 0 Å². The molecule has 1 aliphatic carbocycles. The van der Waals surface area contributed by atoms with E-state index in [4.69, 9.17) is 0 Å². The number of hydrogen-bond donors (Lipinski definition) is 2. The first-order valence-electron chi connectivity index (χ1n) is 8.08. The zero-order chi connectivity index (χ0) is 17.1. The Hall–Kier alpha value is -2.21. The molecule has 0 saturated heterocycles. The van der Waals surface area contributed by atoms with Gasteiger partial charge in [-0.2, -0.15) is 0 Å². The molecule has 1 aromatic carbocycles. The van der Waals surface area contributed by atoms with Gasteiger partial charge in [0.2, 0.25) is 0 Å². The van der Waals surface area contributed by atoms with E-state index in [1.165, 1.54) is 28.7 Å². The summed E-state index contributed by atoms with van der Waals surface area (Å²) in [5.74, 6) is -1.19. The van der Waals surface area contributed by atoms with Crippen LogP contribution in [0.3, 0.4) is 0 Å². The molecule has 5 nitrogen and oxygen atoms in total. The number of nitrogens with zero attached hydrogens (tertiary/aromatic N) is 1. The van der Waals surface area contributed by atoms with Gasteiger partial charge in [-0.3, -0.25) is 4.79 Å². The van der Waals surface area contributed by atoms with Crippen molar-refractivity contribution >= 4 is 23.2 Å². The minimum Gasteiger partial charge on any atom is -0.480 e. The zero-order valence-electron chi connectivity index (χ0n) is 13.5. The van der Waals surface area contributed by atoms with E-state index in [1.807, 2.05) is 19.1 Å². The highest BCUT2D eigenvalue weighted by Crippen LogP contribution is 2.34. The molecule has 1 amide bonds. The van der Waals surface area contributed by atoms with Crippen LogP contribution in [0.1, 0.15) is 51.0 Å². The average Bonchev–Trinajstić information content (AvgIpc) is 3.01. The molecule has 0 radical (unpaired) electrons. The lowest BCUT2D eigenvalue weighted by molar-refractivity contribution is -0.139. The van der Waals surface area contributed by atoms with E-state index in [1.54, 1.807) is 0 Å². The number of amides is 1. The number of carboxylic acids is 1. The average molecular weight is 344 g/mol. The fraction of sp³-hybridized carbons (Fsp3) is 0.389. The van der Waals surface area contributed by atoms with Gasteiger partial charge in [-0.15, -0.1) is 11.3 Å². The van der Waals surface area contributed by atoms with Crippen molar-refractivity contribution in [3.05, 3.63) is 51.5 Å². The number of aryl methyl sites for hydroxylation is 2. The number of rotatable bonds is 5. The molecule has 1 heterocycles. The Kier molecular flexibility index (Phi) is 4.94.